The van der Waals surface area contributed by atoms with E-state index in [2.05, 4.69) is 5.32 Å². The van der Waals surface area contributed by atoms with Gasteiger partial charge in [0.15, 0.2) is 0 Å². The molecule has 8 nitrogen and oxygen atoms in total. The van der Waals surface area contributed by atoms with Crippen LogP contribution in [0.4, 0.5) is 17.1 Å². The highest BCUT2D eigenvalue weighted by Crippen LogP contribution is 2.28. The minimum atomic E-state index is -0.713. The lowest BCUT2D eigenvalue weighted by molar-refractivity contribution is -0.393. The van der Waals surface area contributed by atoms with Gasteiger partial charge in [0.2, 0.25) is 0 Å². The number of carbonyl (C=O) groups excluding carboxylic acids is 1. The largest absolute Gasteiger partial charge is 0.356 e. The van der Waals surface area contributed by atoms with Gasteiger partial charge in [0.1, 0.15) is 12.0 Å². The number of benzene rings is 1. The van der Waals surface area contributed by atoms with E-state index in [0.717, 1.165) is 12.1 Å². The number of nitrogens with zero attached hydrogens (tertiary/aromatic N) is 2. The second kappa shape index (κ2) is 6.78. The molecule has 104 valence electrons. The number of hydrogen-bond donors (Lipinski definition) is 1. The molecule has 20 heavy (non-hydrogen) atoms. The third-order valence-electron chi connectivity index (χ3n) is 2.27. The van der Waals surface area contributed by atoms with Gasteiger partial charge in [0.25, 0.3) is 11.4 Å². The van der Waals surface area contributed by atoms with Gasteiger partial charge in [0.05, 0.1) is 15.9 Å². The molecule has 0 spiro atoms. The summed E-state index contributed by atoms with van der Waals surface area (Å²) in [7, 11) is 0. The van der Waals surface area contributed by atoms with Crippen molar-refractivity contribution in [3.8, 4) is 0 Å². The van der Waals surface area contributed by atoms with Crippen LogP contribution in [0.2, 0.25) is 0 Å². The van der Waals surface area contributed by atoms with Crippen molar-refractivity contribution in [2.45, 2.75) is 6.92 Å². The molecule has 0 atom stereocenters. The lowest BCUT2D eigenvalue weighted by Crippen LogP contribution is -1.97. The van der Waals surface area contributed by atoms with Gasteiger partial charge in [-0.3, -0.25) is 25.0 Å². The third kappa shape index (κ3) is 4.02. The van der Waals surface area contributed by atoms with E-state index < -0.39 is 15.5 Å². The van der Waals surface area contributed by atoms with Crippen molar-refractivity contribution in [2.24, 2.45) is 0 Å². The molecular formula is C12H11N3O5. The monoisotopic (exact) mass is 277 g/mol. The first-order chi connectivity index (χ1) is 9.45. The fourth-order valence-corrected chi connectivity index (χ4v) is 1.28. The van der Waals surface area contributed by atoms with Gasteiger partial charge in [-0.25, -0.2) is 0 Å². The molecule has 0 saturated carbocycles. The Labute approximate surface area is 113 Å². The Balaban J connectivity index is 2.98. The van der Waals surface area contributed by atoms with Crippen molar-refractivity contribution in [3.63, 3.8) is 0 Å². The molecular weight excluding hydrogens is 266 g/mol. The Bertz CT molecular complexity index is 607. The van der Waals surface area contributed by atoms with E-state index >= 15 is 0 Å². The maximum absolute atomic E-state index is 10.8. The standard InChI is InChI=1S/C12H11N3O5/c1-9(8-16)3-2-6-13-11-5-4-10(14(17)18)7-12(11)15(19)20/h2-8,13H,1H3. The number of non-ortho nitro benzene ring substituents is 1. The average Bonchev–Trinajstić information content (AvgIpc) is 2.42. The minimum Gasteiger partial charge on any atom is -0.356 e. The van der Waals surface area contributed by atoms with Crippen LogP contribution in [0.5, 0.6) is 0 Å². The number of anilines is 1. The minimum absolute atomic E-state index is 0.119. The molecule has 1 rings (SSSR count). The summed E-state index contributed by atoms with van der Waals surface area (Å²) in [5.41, 5.74) is -0.155. The van der Waals surface area contributed by atoms with E-state index in [1.54, 1.807) is 6.92 Å². The van der Waals surface area contributed by atoms with Gasteiger partial charge in [-0.15, -0.1) is 0 Å². The predicted octanol–water partition coefficient (Wildman–Crippen LogP) is 2.57. The van der Waals surface area contributed by atoms with Crippen LogP contribution in [0.25, 0.3) is 0 Å². The van der Waals surface area contributed by atoms with Gasteiger partial charge in [-0.05, 0) is 24.6 Å². The summed E-state index contributed by atoms with van der Waals surface area (Å²) in [4.78, 5) is 30.3. The Hall–Kier alpha value is -3.03. The van der Waals surface area contributed by atoms with E-state index in [0.29, 0.717) is 11.9 Å². The van der Waals surface area contributed by atoms with Crippen LogP contribution in [0, 0.1) is 20.2 Å². The van der Waals surface area contributed by atoms with Crippen LogP contribution in [-0.4, -0.2) is 16.1 Å². The summed E-state index contributed by atoms with van der Waals surface area (Å²) in [6.45, 7) is 1.60. The average molecular weight is 277 g/mol. The van der Waals surface area contributed by atoms with E-state index in [1.165, 1.54) is 24.4 Å². The topological polar surface area (TPSA) is 115 Å². The number of carbonyl (C=O) groups is 1. The summed E-state index contributed by atoms with van der Waals surface area (Å²) in [6, 6.07) is 3.29. The van der Waals surface area contributed by atoms with Gasteiger partial charge in [-0.2, -0.15) is 0 Å². The molecule has 0 radical (unpaired) electrons. The Kier molecular flexibility index (Phi) is 5.10. The van der Waals surface area contributed by atoms with Crippen molar-refractivity contribution in [1.29, 1.82) is 0 Å². The molecule has 0 aliphatic rings. The quantitative estimate of drug-likeness (QED) is 0.281. The van der Waals surface area contributed by atoms with Crippen molar-refractivity contribution in [2.75, 3.05) is 5.32 Å². The molecule has 0 amide bonds. The van der Waals surface area contributed by atoms with Crippen molar-refractivity contribution >= 4 is 23.3 Å². The number of aldehydes is 1. The summed E-state index contributed by atoms with van der Waals surface area (Å²) in [6.07, 6.45) is 5.06. The molecule has 1 N–H and O–H groups in total. The first-order valence-electron chi connectivity index (χ1n) is 5.43. The number of hydrogen-bond acceptors (Lipinski definition) is 6. The Morgan fingerprint density at radius 1 is 1.25 bits per heavy atom. The zero-order valence-electron chi connectivity index (χ0n) is 10.5. The fraction of sp³-hybridized carbons (Fsp3) is 0.0833. The molecule has 1 aromatic rings. The Morgan fingerprint density at radius 3 is 2.50 bits per heavy atom. The van der Waals surface area contributed by atoms with E-state index in [9.17, 15) is 25.0 Å². The van der Waals surface area contributed by atoms with E-state index in [4.69, 9.17) is 0 Å². The third-order valence-corrected chi connectivity index (χ3v) is 2.27. The first kappa shape index (κ1) is 15.0. The molecule has 0 fully saturated rings. The number of nitrogens with one attached hydrogen (secondary N) is 1. The second-order valence-corrected chi connectivity index (χ2v) is 3.75. The number of allylic oxidation sites excluding steroid dienone is 3. The Morgan fingerprint density at radius 2 is 1.95 bits per heavy atom. The summed E-state index contributed by atoms with van der Waals surface area (Å²) in [5.74, 6) is 0. The van der Waals surface area contributed by atoms with Crippen LogP contribution in [0.1, 0.15) is 6.92 Å². The molecule has 1 aromatic carbocycles. The molecule has 0 bridgehead atoms. The van der Waals surface area contributed by atoms with Crippen LogP contribution >= 0.6 is 0 Å². The molecule has 0 aliphatic carbocycles. The molecule has 0 aromatic heterocycles. The zero-order valence-corrected chi connectivity index (χ0v) is 10.5. The predicted molar refractivity (Wildman–Crippen MR) is 72.3 cm³/mol. The number of rotatable bonds is 6. The van der Waals surface area contributed by atoms with E-state index in [1.807, 2.05) is 0 Å². The molecule has 0 unspecified atom stereocenters. The van der Waals surface area contributed by atoms with Crippen molar-refractivity contribution < 1.29 is 14.6 Å². The molecule has 0 saturated heterocycles. The lowest BCUT2D eigenvalue weighted by atomic mass is 10.2. The SMILES string of the molecule is CC(C=O)=CC=CNc1ccc([N+](=O)[O-])cc1[N+](=O)[O-]. The lowest BCUT2D eigenvalue weighted by Gasteiger charge is -2.01. The molecule has 8 heteroatoms. The summed E-state index contributed by atoms with van der Waals surface area (Å²) >= 11 is 0. The summed E-state index contributed by atoms with van der Waals surface area (Å²) in [5, 5.41) is 24.0. The normalized spacial score (nSPS) is 11.3. The highest BCUT2D eigenvalue weighted by molar-refractivity contribution is 5.72. The van der Waals surface area contributed by atoms with Crippen LogP contribution in [-0.2, 0) is 4.79 Å². The van der Waals surface area contributed by atoms with Crippen molar-refractivity contribution in [3.05, 3.63) is 62.4 Å². The van der Waals surface area contributed by atoms with Gasteiger partial charge in [-0.1, -0.05) is 6.08 Å². The van der Waals surface area contributed by atoms with Gasteiger partial charge >= 0.3 is 0 Å². The van der Waals surface area contributed by atoms with Crippen LogP contribution in [0.15, 0.2) is 42.1 Å². The number of nitro groups is 2. The maximum atomic E-state index is 10.8. The van der Waals surface area contributed by atoms with Crippen LogP contribution < -0.4 is 5.32 Å². The number of nitro benzene ring substituents is 2. The highest BCUT2D eigenvalue weighted by Gasteiger charge is 2.18. The maximum Gasteiger partial charge on any atom is 0.299 e. The molecule has 0 aliphatic heterocycles. The van der Waals surface area contributed by atoms with Crippen molar-refractivity contribution in [1.82, 2.24) is 0 Å². The smallest absolute Gasteiger partial charge is 0.299 e. The first-order valence-corrected chi connectivity index (χ1v) is 5.43. The fourth-order valence-electron chi connectivity index (χ4n) is 1.28. The van der Waals surface area contributed by atoms with Crippen LogP contribution in [0.3, 0.4) is 0 Å². The van der Waals surface area contributed by atoms with Gasteiger partial charge < -0.3 is 5.32 Å². The molecule has 0 heterocycles. The highest BCUT2D eigenvalue weighted by atomic mass is 16.6. The van der Waals surface area contributed by atoms with E-state index in [-0.39, 0.29) is 11.4 Å². The van der Waals surface area contributed by atoms with Gasteiger partial charge in [0, 0.05) is 12.3 Å². The second-order valence-electron chi connectivity index (χ2n) is 3.75. The zero-order chi connectivity index (χ0) is 15.1. The summed E-state index contributed by atoms with van der Waals surface area (Å²) < 4.78 is 0.